The highest BCUT2D eigenvalue weighted by molar-refractivity contribution is 7.13. The van der Waals surface area contributed by atoms with E-state index in [4.69, 9.17) is 9.68 Å². The molecule has 5 heteroatoms. The Bertz CT molecular complexity index is 853. The fourth-order valence-electron chi connectivity index (χ4n) is 1.84. The Kier molecular flexibility index (Phi) is 3.95. The zero-order valence-corrected chi connectivity index (χ0v) is 12.2. The third kappa shape index (κ3) is 3.03. The highest BCUT2D eigenvalue weighted by atomic mass is 32.1. The van der Waals surface area contributed by atoms with Crippen LogP contribution in [-0.2, 0) is 0 Å². The normalized spacial score (nSPS) is 10.7. The number of allylic oxidation sites excluding steroid dienone is 1. The molecular formula is C17H10N2O2S. The maximum absolute atomic E-state index is 12.0. The van der Waals surface area contributed by atoms with Crippen LogP contribution >= 0.6 is 11.3 Å². The SMILES string of the molecule is N#Cc1ccc(C(=O)C=Cc2csc(-c3ccco3)n2)cc1. The fraction of sp³-hybridized carbons (Fsp3) is 0. The Morgan fingerprint density at radius 1 is 1.27 bits per heavy atom. The minimum Gasteiger partial charge on any atom is -0.462 e. The third-order valence-corrected chi connectivity index (χ3v) is 3.83. The number of furan rings is 1. The first kappa shape index (κ1) is 14.0. The first-order valence-corrected chi connectivity index (χ1v) is 7.36. The molecule has 3 aromatic rings. The van der Waals surface area contributed by atoms with Crippen molar-refractivity contribution in [3.63, 3.8) is 0 Å². The molecule has 22 heavy (non-hydrogen) atoms. The molecule has 0 bridgehead atoms. The van der Waals surface area contributed by atoms with Crippen LogP contribution < -0.4 is 0 Å². The van der Waals surface area contributed by atoms with Gasteiger partial charge in [-0.15, -0.1) is 11.3 Å². The molecule has 0 aliphatic carbocycles. The lowest BCUT2D eigenvalue weighted by Gasteiger charge is -1.95. The van der Waals surface area contributed by atoms with Crippen molar-refractivity contribution in [3.8, 4) is 16.8 Å². The van der Waals surface area contributed by atoms with Gasteiger partial charge in [0.25, 0.3) is 0 Å². The summed E-state index contributed by atoms with van der Waals surface area (Å²) in [5.74, 6) is 0.583. The molecule has 3 rings (SSSR count). The zero-order valence-electron chi connectivity index (χ0n) is 11.4. The van der Waals surface area contributed by atoms with E-state index in [2.05, 4.69) is 4.98 Å². The van der Waals surface area contributed by atoms with Crippen LogP contribution in [0.2, 0.25) is 0 Å². The van der Waals surface area contributed by atoms with E-state index in [1.165, 1.54) is 17.4 Å². The summed E-state index contributed by atoms with van der Waals surface area (Å²) in [6.45, 7) is 0. The molecule has 0 aliphatic rings. The van der Waals surface area contributed by atoms with E-state index in [1.54, 1.807) is 42.7 Å². The lowest BCUT2D eigenvalue weighted by molar-refractivity contribution is 0.104. The molecule has 0 amide bonds. The number of aromatic nitrogens is 1. The number of nitriles is 1. The van der Waals surface area contributed by atoms with Gasteiger partial charge in [-0.25, -0.2) is 4.98 Å². The number of carbonyl (C=O) groups is 1. The number of thiazole rings is 1. The second-order valence-electron chi connectivity index (χ2n) is 4.44. The second kappa shape index (κ2) is 6.20. The van der Waals surface area contributed by atoms with Crippen LogP contribution in [0.25, 0.3) is 16.8 Å². The molecule has 0 saturated carbocycles. The van der Waals surface area contributed by atoms with E-state index in [0.717, 1.165) is 5.01 Å². The van der Waals surface area contributed by atoms with Gasteiger partial charge in [-0.2, -0.15) is 5.26 Å². The predicted molar refractivity (Wildman–Crippen MR) is 84.3 cm³/mol. The number of hydrogen-bond donors (Lipinski definition) is 0. The van der Waals surface area contributed by atoms with Gasteiger partial charge in [0.15, 0.2) is 16.6 Å². The molecule has 0 fully saturated rings. The molecule has 0 unspecified atom stereocenters. The number of benzene rings is 1. The third-order valence-electron chi connectivity index (χ3n) is 2.96. The highest BCUT2D eigenvalue weighted by Crippen LogP contribution is 2.24. The van der Waals surface area contributed by atoms with Crippen molar-refractivity contribution in [2.45, 2.75) is 0 Å². The van der Waals surface area contributed by atoms with Crippen LogP contribution in [-0.4, -0.2) is 10.8 Å². The Hall–Kier alpha value is -2.97. The fourth-order valence-corrected chi connectivity index (χ4v) is 2.60. The molecule has 2 heterocycles. The van der Waals surface area contributed by atoms with Crippen molar-refractivity contribution in [2.24, 2.45) is 0 Å². The number of ketones is 1. The van der Waals surface area contributed by atoms with Crippen molar-refractivity contribution in [2.75, 3.05) is 0 Å². The van der Waals surface area contributed by atoms with Gasteiger partial charge in [0.05, 0.1) is 23.6 Å². The lowest BCUT2D eigenvalue weighted by Crippen LogP contribution is -1.93. The van der Waals surface area contributed by atoms with Crippen LogP contribution in [0.1, 0.15) is 21.6 Å². The quantitative estimate of drug-likeness (QED) is 0.536. The van der Waals surface area contributed by atoms with E-state index in [1.807, 2.05) is 17.5 Å². The summed E-state index contributed by atoms with van der Waals surface area (Å²) in [5.41, 5.74) is 1.78. The number of nitrogens with zero attached hydrogens (tertiary/aromatic N) is 2. The zero-order chi connectivity index (χ0) is 15.4. The van der Waals surface area contributed by atoms with Gasteiger partial charge in [-0.05, 0) is 48.6 Å². The monoisotopic (exact) mass is 306 g/mol. The Labute approximate surface area is 131 Å². The molecule has 106 valence electrons. The summed E-state index contributed by atoms with van der Waals surface area (Å²) in [4.78, 5) is 16.4. The molecule has 0 saturated heterocycles. The molecule has 4 nitrogen and oxygen atoms in total. The van der Waals surface area contributed by atoms with Gasteiger partial charge >= 0.3 is 0 Å². The van der Waals surface area contributed by atoms with Crippen molar-refractivity contribution >= 4 is 23.2 Å². The van der Waals surface area contributed by atoms with Gasteiger partial charge in [-0.3, -0.25) is 4.79 Å². The van der Waals surface area contributed by atoms with E-state index < -0.39 is 0 Å². The molecule has 0 N–H and O–H groups in total. The van der Waals surface area contributed by atoms with Crippen molar-refractivity contribution < 1.29 is 9.21 Å². The number of hydrogen-bond acceptors (Lipinski definition) is 5. The molecule has 1 aromatic carbocycles. The van der Waals surface area contributed by atoms with Crippen LogP contribution in [0.4, 0.5) is 0 Å². The first-order valence-electron chi connectivity index (χ1n) is 6.48. The van der Waals surface area contributed by atoms with Gasteiger partial charge in [0, 0.05) is 10.9 Å². The first-order chi connectivity index (χ1) is 10.8. The maximum Gasteiger partial charge on any atom is 0.185 e. The summed E-state index contributed by atoms with van der Waals surface area (Å²) in [7, 11) is 0. The van der Waals surface area contributed by atoms with E-state index in [9.17, 15) is 4.79 Å². The van der Waals surface area contributed by atoms with Crippen molar-refractivity contribution in [1.29, 1.82) is 5.26 Å². The number of rotatable bonds is 4. The van der Waals surface area contributed by atoms with E-state index >= 15 is 0 Å². The Balaban J connectivity index is 1.73. The molecule has 2 aromatic heterocycles. The second-order valence-corrected chi connectivity index (χ2v) is 5.30. The number of carbonyl (C=O) groups excluding carboxylic acids is 1. The van der Waals surface area contributed by atoms with Gasteiger partial charge in [0.2, 0.25) is 0 Å². The molecule has 0 radical (unpaired) electrons. The van der Waals surface area contributed by atoms with Gasteiger partial charge in [0.1, 0.15) is 0 Å². The summed E-state index contributed by atoms with van der Waals surface area (Å²) in [6.07, 6.45) is 4.74. The van der Waals surface area contributed by atoms with Gasteiger partial charge in [-0.1, -0.05) is 0 Å². The largest absolute Gasteiger partial charge is 0.462 e. The predicted octanol–water partition coefficient (Wildman–Crippen LogP) is 4.17. The average molecular weight is 306 g/mol. The van der Waals surface area contributed by atoms with E-state index in [0.29, 0.717) is 22.6 Å². The summed E-state index contributed by atoms with van der Waals surface area (Å²) in [6, 6.07) is 12.2. The Morgan fingerprint density at radius 3 is 2.77 bits per heavy atom. The summed E-state index contributed by atoms with van der Waals surface area (Å²) in [5, 5.41) is 11.4. The molecule has 0 spiro atoms. The summed E-state index contributed by atoms with van der Waals surface area (Å²) >= 11 is 1.46. The smallest absolute Gasteiger partial charge is 0.185 e. The highest BCUT2D eigenvalue weighted by Gasteiger charge is 2.06. The Morgan fingerprint density at radius 2 is 2.09 bits per heavy atom. The van der Waals surface area contributed by atoms with E-state index in [-0.39, 0.29) is 5.78 Å². The molecular weight excluding hydrogens is 296 g/mol. The van der Waals surface area contributed by atoms with Crippen LogP contribution in [0.15, 0.2) is 58.5 Å². The van der Waals surface area contributed by atoms with Crippen molar-refractivity contribution in [1.82, 2.24) is 4.98 Å². The van der Waals surface area contributed by atoms with Crippen LogP contribution in [0.3, 0.4) is 0 Å². The lowest BCUT2D eigenvalue weighted by atomic mass is 10.1. The van der Waals surface area contributed by atoms with Gasteiger partial charge < -0.3 is 4.42 Å². The topological polar surface area (TPSA) is 66.9 Å². The molecule has 0 atom stereocenters. The van der Waals surface area contributed by atoms with Crippen molar-refractivity contribution in [3.05, 3.63) is 70.9 Å². The standard InChI is InChI=1S/C17H10N2O2S/c18-10-12-3-5-13(6-4-12)15(20)8-7-14-11-22-17(19-14)16-2-1-9-21-16/h1-9,11H. The average Bonchev–Trinajstić information content (AvgIpc) is 3.23. The van der Waals surface area contributed by atoms with Crippen LogP contribution in [0, 0.1) is 11.3 Å². The maximum atomic E-state index is 12.0. The summed E-state index contributed by atoms with van der Waals surface area (Å²) < 4.78 is 5.28. The minimum absolute atomic E-state index is 0.128. The van der Waals surface area contributed by atoms with Crippen LogP contribution in [0.5, 0.6) is 0 Å². The molecule has 0 aliphatic heterocycles. The minimum atomic E-state index is -0.128.